The Labute approximate surface area is 162 Å². The summed E-state index contributed by atoms with van der Waals surface area (Å²) in [6, 6.07) is 16.0. The molecular weight excluding hydrogens is 336 g/mol. The lowest BCUT2D eigenvalue weighted by Gasteiger charge is -2.26. The molecule has 1 fully saturated rings. The molecule has 2 aromatic rings. The Morgan fingerprint density at radius 1 is 1.00 bits per heavy atom. The monoisotopic (exact) mass is 366 g/mol. The van der Waals surface area contributed by atoms with Gasteiger partial charge in [-0.3, -0.25) is 9.69 Å². The molecule has 4 nitrogen and oxygen atoms in total. The SMILES string of the molecule is CC(C)c1ccc(OCC(=O)Nc2ccc(CN3CCCCC3)cc2)cc1. The molecule has 1 aliphatic rings. The molecule has 0 radical (unpaired) electrons. The Morgan fingerprint density at radius 2 is 1.67 bits per heavy atom. The van der Waals surface area contributed by atoms with Crippen molar-refractivity contribution < 1.29 is 9.53 Å². The van der Waals surface area contributed by atoms with Crippen LogP contribution in [0.5, 0.6) is 5.75 Å². The maximum Gasteiger partial charge on any atom is 0.262 e. The van der Waals surface area contributed by atoms with Crippen molar-refractivity contribution in [2.45, 2.75) is 45.6 Å². The summed E-state index contributed by atoms with van der Waals surface area (Å²) in [5, 5.41) is 2.90. The number of carbonyl (C=O) groups is 1. The van der Waals surface area contributed by atoms with E-state index in [9.17, 15) is 4.79 Å². The molecule has 0 saturated carbocycles. The maximum absolute atomic E-state index is 12.1. The van der Waals surface area contributed by atoms with Crippen molar-refractivity contribution in [1.29, 1.82) is 0 Å². The number of likely N-dealkylation sites (tertiary alicyclic amines) is 1. The van der Waals surface area contributed by atoms with Gasteiger partial charge in [0.05, 0.1) is 0 Å². The van der Waals surface area contributed by atoms with Gasteiger partial charge >= 0.3 is 0 Å². The summed E-state index contributed by atoms with van der Waals surface area (Å²) >= 11 is 0. The van der Waals surface area contributed by atoms with Gasteiger partial charge in [0.15, 0.2) is 6.61 Å². The number of amides is 1. The Bertz CT molecular complexity index is 717. The van der Waals surface area contributed by atoms with Crippen molar-refractivity contribution in [3.63, 3.8) is 0 Å². The summed E-state index contributed by atoms with van der Waals surface area (Å²) in [5.41, 5.74) is 3.36. The van der Waals surface area contributed by atoms with E-state index in [-0.39, 0.29) is 12.5 Å². The average molecular weight is 367 g/mol. The second kappa shape index (κ2) is 9.56. The first-order valence-corrected chi connectivity index (χ1v) is 9.94. The van der Waals surface area contributed by atoms with Gasteiger partial charge in [-0.2, -0.15) is 0 Å². The number of nitrogens with zero attached hydrogens (tertiary/aromatic N) is 1. The van der Waals surface area contributed by atoms with E-state index in [0.29, 0.717) is 11.7 Å². The molecule has 2 aromatic carbocycles. The summed E-state index contributed by atoms with van der Waals surface area (Å²) in [6.07, 6.45) is 3.95. The maximum atomic E-state index is 12.1. The number of benzene rings is 2. The van der Waals surface area contributed by atoms with Crippen LogP contribution in [0.3, 0.4) is 0 Å². The van der Waals surface area contributed by atoms with Gasteiger partial charge in [0.2, 0.25) is 0 Å². The van der Waals surface area contributed by atoms with Crippen LogP contribution < -0.4 is 10.1 Å². The Hall–Kier alpha value is -2.33. The predicted molar refractivity (Wildman–Crippen MR) is 110 cm³/mol. The molecule has 27 heavy (non-hydrogen) atoms. The first-order chi connectivity index (χ1) is 13.1. The molecule has 144 valence electrons. The number of ether oxygens (including phenoxy) is 1. The smallest absolute Gasteiger partial charge is 0.262 e. The van der Waals surface area contributed by atoms with Crippen LogP contribution in [0.1, 0.15) is 50.2 Å². The molecule has 3 rings (SSSR count). The van der Waals surface area contributed by atoms with Gasteiger partial charge in [0.25, 0.3) is 5.91 Å². The van der Waals surface area contributed by atoms with Gasteiger partial charge in [-0.1, -0.05) is 44.5 Å². The van der Waals surface area contributed by atoms with E-state index in [1.165, 1.54) is 43.5 Å². The fourth-order valence-electron chi connectivity index (χ4n) is 3.36. The van der Waals surface area contributed by atoms with Gasteiger partial charge < -0.3 is 10.1 Å². The van der Waals surface area contributed by atoms with Crippen molar-refractivity contribution in [3.05, 3.63) is 59.7 Å². The topological polar surface area (TPSA) is 41.6 Å². The number of hydrogen-bond donors (Lipinski definition) is 1. The van der Waals surface area contributed by atoms with Crippen LogP contribution in [0.15, 0.2) is 48.5 Å². The predicted octanol–water partition coefficient (Wildman–Crippen LogP) is 4.81. The van der Waals surface area contributed by atoms with E-state index in [1.807, 2.05) is 36.4 Å². The summed E-state index contributed by atoms with van der Waals surface area (Å²) in [5.74, 6) is 1.05. The number of rotatable bonds is 7. The third-order valence-electron chi connectivity index (χ3n) is 5.01. The summed E-state index contributed by atoms with van der Waals surface area (Å²) < 4.78 is 5.58. The number of nitrogens with one attached hydrogen (secondary N) is 1. The summed E-state index contributed by atoms with van der Waals surface area (Å²) in [6.45, 7) is 7.68. The van der Waals surface area contributed by atoms with Crippen LogP contribution in [-0.2, 0) is 11.3 Å². The van der Waals surface area contributed by atoms with Gasteiger partial charge in [0, 0.05) is 12.2 Å². The molecule has 1 heterocycles. The molecule has 1 saturated heterocycles. The highest BCUT2D eigenvalue weighted by atomic mass is 16.5. The van der Waals surface area contributed by atoms with E-state index in [1.54, 1.807) is 0 Å². The zero-order chi connectivity index (χ0) is 19.1. The minimum absolute atomic E-state index is 0.0105. The van der Waals surface area contributed by atoms with Crippen LogP contribution in [0, 0.1) is 0 Å². The fourth-order valence-corrected chi connectivity index (χ4v) is 3.36. The van der Waals surface area contributed by atoms with Crippen molar-refractivity contribution >= 4 is 11.6 Å². The number of carbonyl (C=O) groups excluding carboxylic acids is 1. The van der Waals surface area contributed by atoms with E-state index in [2.05, 4.69) is 36.2 Å². The largest absolute Gasteiger partial charge is 0.484 e. The molecule has 0 unspecified atom stereocenters. The molecule has 0 bridgehead atoms. The number of piperidine rings is 1. The lowest BCUT2D eigenvalue weighted by molar-refractivity contribution is -0.118. The van der Waals surface area contributed by atoms with E-state index in [4.69, 9.17) is 4.74 Å². The van der Waals surface area contributed by atoms with Crippen LogP contribution in [0.25, 0.3) is 0 Å². The summed E-state index contributed by atoms with van der Waals surface area (Å²) in [7, 11) is 0. The molecule has 1 amide bonds. The lowest BCUT2D eigenvalue weighted by atomic mass is 10.0. The first kappa shape index (κ1) is 19.4. The van der Waals surface area contributed by atoms with Gasteiger partial charge in [-0.05, 0) is 67.2 Å². The molecule has 0 aliphatic carbocycles. The third-order valence-corrected chi connectivity index (χ3v) is 5.01. The minimum atomic E-state index is -0.147. The third kappa shape index (κ3) is 6.10. The van der Waals surface area contributed by atoms with Crippen molar-refractivity contribution in [2.75, 3.05) is 25.0 Å². The Kier molecular flexibility index (Phi) is 6.88. The van der Waals surface area contributed by atoms with Crippen LogP contribution in [0.4, 0.5) is 5.69 Å². The molecule has 0 aromatic heterocycles. The molecular formula is C23H30N2O2. The molecule has 1 N–H and O–H groups in total. The molecule has 4 heteroatoms. The van der Waals surface area contributed by atoms with Crippen molar-refractivity contribution in [1.82, 2.24) is 4.90 Å². The second-order valence-corrected chi connectivity index (χ2v) is 7.59. The van der Waals surface area contributed by atoms with E-state index in [0.717, 1.165) is 12.2 Å². The van der Waals surface area contributed by atoms with Gasteiger partial charge in [-0.15, -0.1) is 0 Å². The van der Waals surface area contributed by atoms with Crippen molar-refractivity contribution in [2.24, 2.45) is 0 Å². The molecule has 0 atom stereocenters. The van der Waals surface area contributed by atoms with E-state index < -0.39 is 0 Å². The highest BCUT2D eigenvalue weighted by molar-refractivity contribution is 5.91. The van der Waals surface area contributed by atoms with Crippen LogP contribution in [-0.4, -0.2) is 30.5 Å². The Balaban J connectivity index is 1.44. The van der Waals surface area contributed by atoms with Gasteiger partial charge in [0.1, 0.15) is 5.75 Å². The highest BCUT2D eigenvalue weighted by Crippen LogP contribution is 2.19. The zero-order valence-electron chi connectivity index (χ0n) is 16.4. The lowest BCUT2D eigenvalue weighted by Crippen LogP contribution is -2.29. The second-order valence-electron chi connectivity index (χ2n) is 7.59. The minimum Gasteiger partial charge on any atom is -0.484 e. The number of anilines is 1. The average Bonchev–Trinajstić information content (AvgIpc) is 2.69. The summed E-state index contributed by atoms with van der Waals surface area (Å²) in [4.78, 5) is 14.6. The quantitative estimate of drug-likeness (QED) is 0.764. The van der Waals surface area contributed by atoms with Crippen LogP contribution >= 0.6 is 0 Å². The van der Waals surface area contributed by atoms with Crippen molar-refractivity contribution in [3.8, 4) is 5.75 Å². The zero-order valence-corrected chi connectivity index (χ0v) is 16.4. The first-order valence-electron chi connectivity index (χ1n) is 9.94. The van der Waals surface area contributed by atoms with Crippen LogP contribution in [0.2, 0.25) is 0 Å². The fraction of sp³-hybridized carbons (Fsp3) is 0.435. The number of hydrogen-bond acceptors (Lipinski definition) is 3. The molecule has 0 spiro atoms. The standard InChI is InChI=1S/C23H30N2O2/c1-18(2)20-8-12-22(13-9-20)27-17-23(26)24-21-10-6-19(7-11-21)16-25-14-4-3-5-15-25/h6-13,18H,3-5,14-17H2,1-2H3,(H,24,26). The highest BCUT2D eigenvalue weighted by Gasteiger charge is 2.10. The normalized spacial score (nSPS) is 14.9. The van der Waals surface area contributed by atoms with E-state index >= 15 is 0 Å². The van der Waals surface area contributed by atoms with Gasteiger partial charge in [-0.25, -0.2) is 0 Å². The molecule has 1 aliphatic heterocycles. The Morgan fingerprint density at radius 3 is 2.30 bits per heavy atom.